The van der Waals surface area contributed by atoms with Gasteiger partial charge in [-0.25, -0.2) is 4.98 Å². The summed E-state index contributed by atoms with van der Waals surface area (Å²) in [6.45, 7) is 3.08. The number of imidazole rings is 1. The van der Waals surface area contributed by atoms with Gasteiger partial charge in [-0.2, -0.15) is 8.78 Å². The molecule has 0 saturated carbocycles. The molecule has 2 rings (SSSR count). The van der Waals surface area contributed by atoms with Crippen LogP contribution in [-0.2, 0) is 6.54 Å². The summed E-state index contributed by atoms with van der Waals surface area (Å²) in [5.41, 5.74) is 0. The SMILES string of the molecule is CCN1CCCC1CNCc1nccn1C(F)F. The molecule has 2 heterocycles. The van der Waals surface area contributed by atoms with Crippen LogP contribution in [0.2, 0.25) is 0 Å². The Labute approximate surface area is 106 Å². The van der Waals surface area contributed by atoms with Crippen molar-refractivity contribution in [3.8, 4) is 0 Å². The summed E-state index contributed by atoms with van der Waals surface area (Å²) < 4.78 is 26.1. The Morgan fingerprint density at radius 1 is 1.56 bits per heavy atom. The molecule has 1 saturated heterocycles. The lowest BCUT2D eigenvalue weighted by atomic mass is 10.2. The summed E-state index contributed by atoms with van der Waals surface area (Å²) >= 11 is 0. The van der Waals surface area contributed by atoms with Crippen LogP contribution in [0.5, 0.6) is 0 Å². The van der Waals surface area contributed by atoms with Crippen molar-refractivity contribution in [3.63, 3.8) is 0 Å². The highest BCUT2D eigenvalue weighted by atomic mass is 19.3. The number of likely N-dealkylation sites (N-methyl/N-ethyl adjacent to an activating group) is 1. The van der Waals surface area contributed by atoms with E-state index in [1.807, 2.05) is 0 Å². The summed E-state index contributed by atoms with van der Waals surface area (Å²) in [6, 6.07) is 0.532. The first-order valence-corrected chi connectivity index (χ1v) is 6.47. The van der Waals surface area contributed by atoms with Crippen LogP contribution in [0.15, 0.2) is 12.4 Å². The van der Waals surface area contributed by atoms with E-state index in [2.05, 4.69) is 22.1 Å². The predicted octanol–water partition coefficient (Wildman–Crippen LogP) is 1.85. The van der Waals surface area contributed by atoms with Crippen molar-refractivity contribution in [1.82, 2.24) is 19.8 Å². The molecule has 0 radical (unpaired) electrons. The van der Waals surface area contributed by atoms with Gasteiger partial charge in [0.15, 0.2) is 0 Å². The maximum atomic E-state index is 12.6. The number of hydrogen-bond acceptors (Lipinski definition) is 3. The van der Waals surface area contributed by atoms with Crippen LogP contribution in [0, 0.1) is 0 Å². The molecule has 0 aromatic carbocycles. The molecule has 18 heavy (non-hydrogen) atoms. The Balaban J connectivity index is 1.79. The fourth-order valence-electron chi connectivity index (χ4n) is 2.55. The maximum absolute atomic E-state index is 12.6. The van der Waals surface area contributed by atoms with E-state index in [9.17, 15) is 8.78 Å². The topological polar surface area (TPSA) is 33.1 Å². The summed E-state index contributed by atoms with van der Waals surface area (Å²) in [6.07, 6.45) is 5.14. The number of rotatable bonds is 6. The molecule has 1 N–H and O–H groups in total. The quantitative estimate of drug-likeness (QED) is 0.845. The maximum Gasteiger partial charge on any atom is 0.319 e. The number of halogens is 2. The second-order valence-electron chi connectivity index (χ2n) is 4.58. The molecule has 102 valence electrons. The Morgan fingerprint density at radius 2 is 2.39 bits per heavy atom. The van der Waals surface area contributed by atoms with Crippen LogP contribution in [0.4, 0.5) is 8.78 Å². The molecule has 0 bridgehead atoms. The summed E-state index contributed by atoms with van der Waals surface area (Å²) in [7, 11) is 0. The van der Waals surface area contributed by atoms with E-state index < -0.39 is 6.55 Å². The smallest absolute Gasteiger partial charge is 0.308 e. The fourth-order valence-corrected chi connectivity index (χ4v) is 2.55. The van der Waals surface area contributed by atoms with Crippen LogP contribution in [0.3, 0.4) is 0 Å². The molecule has 1 aliphatic heterocycles. The summed E-state index contributed by atoms with van der Waals surface area (Å²) in [5.74, 6) is 0.394. The van der Waals surface area contributed by atoms with Gasteiger partial charge in [-0.15, -0.1) is 0 Å². The molecular weight excluding hydrogens is 238 g/mol. The van der Waals surface area contributed by atoms with Crippen LogP contribution in [-0.4, -0.2) is 40.1 Å². The van der Waals surface area contributed by atoms with Gasteiger partial charge >= 0.3 is 6.55 Å². The van der Waals surface area contributed by atoms with E-state index >= 15 is 0 Å². The highest BCUT2D eigenvalue weighted by molar-refractivity contribution is 4.92. The van der Waals surface area contributed by atoms with Crippen molar-refractivity contribution >= 4 is 0 Å². The van der Waals surface area contributed by atoms with Gasteiger partial charge in [0.05, 0.1) is 6.54 Å². The molecule has 0 spiro atoms. The average Bonchev–Trinajstić information content (AvgIpc) is 2.97. The molecule has 1 unspecified atom stereocenters. The number of likely N-dealkylation sites (tertiary alicyclic amines) is 1. The molecule has 1 aromatic heterocycles. The van der Waals surface area contributed by atoms with Crippen LogP contribution in [0.1, 0.15) is 32.1 Å². The minimum atomic E-state index is -2.51. The molecule has 0 amide bonds. The fraction of sp³-hybridized carbons (Fsp3) is 0.750. The van der Waals surface area contributed by atoms with Crippen molar-refractivity contribution < 1.29 is 8.78 Å². The molecule has 0 aliphatic carbocycles. The van der Waals surface area contributed by atoms with Crippen molar-refractivity contribution in [3.05, 3.63) is 18.2 Å². The number of hydrogen-bond donors (Lipinski definition) is 1. The highest BCUT2D eigenvalue weighted by Crippen LogP contribution is 2.16. The van der Waals surface area contributed by atoms with Crippen molar-refractivity contribution in [1.29, 1.82) is 0 Å². The number of nitrogens with one attached hydrogen (secondary N) is 1. The normalized spacial score (nSPS) is 21.0. The van der Waals surface area contributed by atoms with E-state index in [0.717, 1.165) is 24.2 Å². The number of aromatic nitrogens is 2. The Morgan fingerprint density at radius 3 is 3.11 bits per heavy atom. The largest absolute Gasteiger partial charge is 0.319 e. The molecule has 6 heteroatoms. The van der Waals surface area contributed by atoms with E-state index in [0.29, 0.717) is 18.4 Å². The zero-order valence-corrected chi connectivity index (χ0v) is 10.6. The number of alkyl halides is 2. The minimum Gasteiger partial charge on any atom is -0.308 e. The van der Waals surface area contributed by atoms with Crippen molar-refractivity contribution in [2.75, 3.05) is 19.6 Å². The number of nitrogens with zero attached hydrogens (tertiary/aromatic N) is 3. The van der Waals surface area contributed by atoms with Crippen LogP contribution < -0.4 is 5.32 Å². The zero-order valence-electron chi connectivity index (χ0n) is 10.6. The van der Waals surface area contributed by atoms with Crippen LogP contribution in [0.25, 0.3) is 0 Å². The third kappa shape index (κ3) is 3.05. The second-order valence-corrected chi connectivity index (χ2v) is 4.58. The zero-order chi connectivity index (χ0) is 13.0. The molecule has 4 nitrogen and oxygen atoms in total. The summed E-state index contributed by atoms with van der Waals surface area (Å²) in [5, 5.41) is 3.23. The highest BCUT2D eigenvalue weighted by Gasteiger charge is 2.22. The monoisotopic (exact) mass is 258 g/mol. The third-order valence-electron chi connectivity index (χ3n) is 3.53. The lowest BCUT2D eigenvalue weighted by Crippen LogP contribution is -2.37. The molecule has 1 aliphatic rings. The molecule has 1 aromatic rings. The third-order valence-corrected chi connectivity index (χ3v) is 3.53. The Hall–Kier alpha value is -1.01. The van der Waals surface area contributed by atoms with Gasteiger partial charge in [0.2, 0.25) is 0 Å². The average molecular weight is 258 g/mol. The van der Waals surface area contributed by atoms with Gasteiger partial charge in [0.25, 0.3) is 0 Å². The van der Waals surface area contributed by atoms with E-state index in [1.165, 1.54) is 25.2 Å². The lowest BCUT2D eigenvalue weighted by molar-refractivity contribution is 0.0665. The molecule has 1 fully saturated rings. The summed E-state index contributed by atoms with van der Waals surface area (Å²) in [4.78, 5) is 6.37. The van der Waals surface area contributed by atoms with E-state index in [1.54, 1.807) is 0 Å². The Bertz CT molecular complexity index is 367. The van der Waals surface area contributed by atoms with Crippen LogP contribution >= 0.6 is 0 Å². The van der Waals surface area contributed by atoms with Gasteiger partial charge < -0.3 is 5.32 Å². The minimum absolute atomic E-state index is 0.394. The first-order chi connectivity index (χ1) is 8.72. The van der Waals surface area contributed by atoms with Gasteiger partial charge in [-0.05, 0) is 25.9 Å². The molecular formula is C12H20F2N4. The van der Waals surface area contributed by atoms with E-state index in [-0.39, 0.29) is 0 Å². The lowest BCUT2D eigenvalue weighted by Gasteiger charge is -2.22. The van der Waals surface area contributed by atoms with Gasteiger partial charge in [-0.3, -0.25) is 9.47 Å². The first-order valence-electron chi connectivity index (χ1n) is 6.47. The standard InChI is InChI=1S/C12H20F2N4/c1-2-17-6-3-4-10(17)8-15-9-11-16-5-7-18(11)12(13)14/h5,7,10,12,15H,2-4,6,8-9H2,1H3. The van der Waals surface area contributed by atoms with Gasteiger partial charge in [-0.1, -0.05) is 6.92 Å². The van der Waals surface area contributed by atoms with Crippen molar-refractivity contribution in [2.24, 2.45) is 0 Å². The Kier molecular flexibility index (Phi) is 4.66. The second kappa shape index (κ2) is 6.24. The predicted molar refractivity (Wildman–Crippen MR) is 65.5 cm³/mol. The first kappa shape index (κ1) is 13.4. The van der Waals surface area contributed by atoms with Gasteiger partial charge in [0, 0.05) is 25.0 Å². The van der Waals surface area contributed by atoms with Crippen molar-refractivity contribution in [2.45, 2.75) is 38.9 Å². The molecule has 1 atom stereocenters. The van der Waals surface area contributed by atoms with Gasteiger partial charge in [0.1, 0.15) is 5.82 Å². The van der Waals surface area contributed by atoms with E-state index in [4.69, 9.17) is 0 Å².